The molecule has 1 atom stereocenters. The first-order chi connectivity index (χ1) is 7.34. The Labute approximate surface area is 95.6 Å². The summed E-state index contributed by atoms with van der Waals surface area (Å²) in [5.41, 5.74) is -0.503. The van der Waals surface area contributed by atoms with E-state index in [1.165, 1.54) is 6.07 Å². The van der Waals surface area contributed by atoms with E-state index in [9.17, 15) is 13.2 Å². The fourth-order valence-electron chi connectivity index (χ4n) is 1.07. The smallest absolute Gasteiger partial charge is 0.369 e. The molecule has 0 amide bonds. The van der Waals surface area contributed by atoms with Crippen molar-refractivity contribution in [1.82, 2.24) is 0 Å². The van der Waals surface area contributed by atoms with E-state index in [-0.39, 0.29) is 5.02 Å². The molecule has 1 rings (SSSR count). The topological polar surface area (TPSA) is 35.8 Å². The molecule has 1 aromatic rings. The van der Waals surface area contributed by atoms with Crippen molar-refractivity contribution in [3.05, 3.63) is 28.8 Å². The molecule has 0 aliphatic carbocycles. The van der Waals surface area contributed by atoms with E-state index in [1.807, 2.05) is 6.07 Å². The molecule has 0 bridgehead atoms. The Morgan fingerprint density at radius 3 is 2.50 bits per heavy atom. The van der Waals surface area contributed by atoms with Gasteiger partial charge in [0.1, 0.15) is 6.04 Å². The first-order valence-electron chi connectivity index (χ1n) is 4.37. The van der Waals surface area contributed by atoms with Gasteiger partial charge in [-0.2, -0.15) is 18.4 Å². The Morgan fingerprint density at radius 2 is 2.06 bits per heavy atom. The first kappa shape index (κ1) is 12.7. The van der Waals surface area contributed by atoms with Crippen LogP contribution in [0.3, 0.4) is 0 Å². The fraction of sp³-hybridized carbons (Fsp3) is 0.300. The standard InChI is InChI=1S/C10H8ClF3N2/c1-6(5-15)16-9-3-2-7(4-8(9)11)10(12,13)14/h2-4,6,16H,1H3. The summed E-state index contributed by atoms with van der Waals surface area (Å²) >= 11 is 5.66. The zero-order chi connectivity index (χ0) is 12.3. The van der Waals surface area contributed by atoms with Gasteiger partial charge < -0.3 is 5.32 Å². The molecular weight excluding hydrogens is 241 g/mol. The number of halogens is 4. The van der Waals surface area contributed by atoms with Crippen molar-refractivity contribution < 1.29 is 13.2 Å². The Bertz CT molecular complexity index is 423. The second-order valence-electron chi connectivity index (χ2n) is 3.19. The largest absolute Gasteiger partial charge is 0.416 e. The highest BCUT2D eigenvalue weighted by molar-refractivity contribution is 6.33. The zero-order valence-electron chi connectivity index (χ0n) is 8.27. The molecule has 1 N–H and O–H groups in total. The minimum Gasteiger partial charge on any atom is -0.369 e. The predicted octanol–water partition coefficient (Wildman–Crippen LogP) is 3.68. The number of nitrogens with zero attached hydrogens (tertiary/aromatic N) is 1. The highest BCUT2D eigenvalue weighted by atomic mass is 35.5. The highest BCUT2D eigenvalue weighted by Crippen LogP contribution is 2.33. The number of nitriles is 1. The normalized spacial score (nSPS) is 13.0. The van der Waals surface area contributed by atoms with Crippen LogP contribution in [0.1, 0.15) is 12.5 Å². The molecule has 0 saturated carbocycles. The fourth-order valence-corrected chi connectivity index (χ4v) is 1.31. The summed E-state index contributed by atoms with van der Waals surface area (Å²) < 4.78 is 36.9. The summed E-state index contributed by atoms with van der Waals surface area (Å²) in [5.74, 6) is 0. The maximum atomic E-state index is 12.3. The third-order valence-corrected chi connectivity index (χ3v) is 2.17. The molecule has 0 aliphatic rings. The van der Waals surface area contributed by atoms with Gasteiger partial charge in [0.15, 0.2) is 0 Å². The van der Waals surface area contributed by atoms with Crippen molar-refractivity contribution in [3.8, 4) is 6.07 Å². The van der Waals surface area contributed by atoms with Gasteiger partial charge in [-0.05, 0) is 25.1 Å². The van der Waals surface area contributed by atoms with Crippen LogP contribution in [0.5, 0.6) is 0 Å². The van der Waals surface area contributed by atoms with Gasteiger partial charge >= 0.3 is 6.18 Å². The van der Waals surface area contributed by atoms with Gasteiger partial charge in [0.25, 0.3) is 0 Å². The summed E-state index contributed by atoms with van der Waals surface area (Å²) in [6, 6.07) is 4.32. The zero-order valence-corrected chi connectivity index (χ0v) is 9.02. The first-order valence-corrected chi connectivity index (χ1v) is 4.75. The van der Waals surface area contributed by atoms with E-state index in [1.54, 1.807) is 6.92 Å². The third kappa shape index (κ3) is 3.04. The van der Waals surface area contributed by atoms with Crippen LogP contribution in [0, 0.1) is 11.3 Å². The average Bonchev–Trinajstić information content (AvgIpc) is 2.19. The van der Waals surface area contributed by atoms with E-state index >= 15 is 0 Å². The van der Waals surface area contributed by atoms with Crippen molar-refractivity contribution in [2.75, 3.05) is 5.32 Å². The minimum absolute atomic E-state index is 0.0584. The Balaban J connectivity index is 2.97. The van der Waals surface area contributed by atoms with Gasteiger partial charge in [-0.1, -0.05) is 11.6 Å². The van der Waals surface area contributed by atoms with Crippen LogP contribution in [0.4, 0.5) is 18.9 Å². The highest BCUT2D eigenvalue weighted by Gasteiger charge is 2.30. The minimum atomic E-state index is -4.41. The summed E-state index contributed by atoms with van der Waals surface area (Å²) in [6.45, 7) is 1.58. The van der Waals surface area contributed by atoms with Gasteiger partial charge in [0, 0.05) is 0 Å². The molecule has 2 nitrogen and oxygen atoms in total. The molecule has 1 unspecified atom stereocenters. The summed E-state index contributed by atoms with van der Waals surface area (Å²) in [6.07, 6.45) is -4.41. The van der Waals surface area contributed by atoms with Crippen LogP contribution in [0.15, 0.2) is 18.2 Å². The van der Waals surface area contributed by atoms with Crippen molar-refractivity contribution in [1.29, 1.82) is 5.26 Å². The molecule has 0 heterocycles. The molecule has 6 heteroatoms. The maximum absolute atomic E-state index is 12.3. The molecule has 0 saturated heterocycles. The van der Waals surface area contributed by atoms with Gasteiger partial charge in [-0.15, -0.1) is 0 Å². The number of rotatable bonds is 2. The van der Waals surface area contributed by atoms with Gasteiger partial charge in [0.05, 0.1) is 22.3 Å². The second-order valence-corrected chi connectivity index (χ2v) is 3.59. The number of alkyl halides is 3. The Morgan fingerprint density at radius 1 is 1.44 bits per heavy atom. The average molecular weight is 249 g/mol. The molecule has 0 radical (unpaired) electrons. The van der Waals surface area contributed by atoms with Crippen molar-refractivity contribution in [3.63, 3.8) is 0 Å². The molecular formula is C10H8ClF3N2. The van der Waals surface area contributed by atoms with Crippen LogP contribution >= 0.6 is 11.6 Å². The van der Waals surface area contributed by atoms with Crippen molar-refractivity contribution >= 4 is 17.3 Å². The lowest BCUT2D eigenvalue weighted by molar-refractivity contribution is -0.137. The lowest BCUT2D eigenvalue weighted by atomic mass is 10.2. The summed E-state index contributed by atoms with van der Waals surface area (Å²) in [4.78, 5) is 0. The Kier molecular flexibility index (Phi) is 3.66. The number of benzene rings is 1. The van der Waals surface area contributed by atoms with Gasteiger partial charge in [-0.3, -0.25) is 0 Å². The van der Waals surface area contributed by atoms with Crippen LogP contribution in [0.25, 0.3) is 0 Å². The number of hydrogen-bond acceptors (Lipinski definition) is 2. The summed E-state index contributed by atoms with van der Waals surface area (Å²) in [5, 5.41) is 11.2. The quantitative estimate of drug-likeness (QED) is 0.867. The van der Waals surface area contributed by atoms with Crippen LogP contribution < -0.4 is 5.32 Å². The molecule has 0 fully saturated rings. The molecule has 0 aromatic heterocycles. The molecule has 86 valence electrons. The lowest BCUT2D eigenvalue weighted by Gasteiger charge is -2.12. The Hall–Kier alpha value is -1.41. The van der Waals surface area contributed by atoms with Crippen molar-refractivity contribution in [2.45, 2.75) is 19.1 Å². The predicted molar refractivity (Wildman–Crippen MR) is 55.2 cm³/mol. The molecule has 1 aromatic carbocycles. The van der Waals surface area contributed by atoms with E-state index in [2.05, 4.69) is 5.32 Å². The molecule has 0 spiro atoms. The second kappa shape index (κ2) is 4.62. The van der Waals surface area contributed by atoms with E-state index in [4.69, 9.17) is 16.9 Å². The van der Waals surface area contributed by atoms with E-state index in [0.29, 0.717) is 5.69 Å². The summed E-state index contributed by atoms with van der Waals surface area (Å²) in [7, 11) is 0. The van der Waals surface area contributed by atoms with Gasteiger partial charge in [0.2, 0.25) is 0 Å². The van der Waals surface area contributed by atoms with Crippen LogP contribution in [0.2, 0.25) is 5.02 Å². The van der Waals surface area contributed by atoms with Crippen LogP contribution in [-0.2, 0) is 6.18 Å². The van der Waals surface area contributed by atoms with E-state index < -0.39 is 17.8 Å². The third-order valence-electron chi connectivity index (χ3n) is 1.86. The number of nitrogens with one attached hydrogen (secondary N) is 1. The number of hydrogen-bond donors (Lipinski definition) is 1. The SMILES string of the molecule is CC(C#N)Nc1ccc(C(F)(F)F)cc1Cl. The molecule has 0 aliphatic heterocycles. The molecule has 16 heavy (non-hydrogen) atoms. The van der Waals surface area contributed by atoms with Crippen molar-refractivity contribution in [2.24, 2.45) is 0 Å². The monoisotopic (exact) mass is 248 g/mol. The maximum Gasteiger partial charge on any atom is 0.416 e. The van der Waals surface area contributed by atoms with Gasteiger partial charge in [-0.25, -0.2) is 0 Å². The van der Waals surface area contributed by atoms with Crippen LogP contribution in [-0.4, -0.2) is 6.04 Å². The lowest BCUT2D eigenvalue weighted by Crippen LogP contribution is -2.13. The number of anilines is 1. The van der Waals surface area contributed by atoms with E-state index in [0.717, 1.165) is 12.1 Å².